The van der Waals surface area contributed by atoms with E-state index in [1.807, 2.05) is 32.2 Å². The third-order valence-corrected chi connectivity index (χ3v) is 6.32. The third kappa shape index (κ3) is 5.01. The number of carbonyl (C=O) groups is 2. The molecule has 162 valence electrons. The van der Waals surface area contributed by atoms with E-state index in [2.05, 4.69) is 0 Å². The number of rotatable bonds is 6. The summed E-state index contributed by atoms with van der Waals surface area (Å²) in [5.74, 6) is -0.0745. The molecule has 1 aromatic heterocycles. The van der Waals surface area contributed by atoms with Gasteiger partial charge >= 0.3 is 0 Å². The van der Waals surface area contributed by atoms with Crippen LogP contribution in [0, 0.1) is 5.82 Å². The average molecular weight is 433 g/mol. The molecule has 1 aromatic carbocycles. The number of carbonyl (C=O) groups excluding carboxylic acids is 2. The number of nitrogens with zero attached hydrogens (tertiary/aromatic N) is 2. The summed E-state index contributed by atoms with van der Waals surface area (Å²) in [5.41, 5.74) is 0.625. The highest BCUT2D eigenvalue weighted by atomic mass is 32.1. The van der Waals surface area contributed by atoms with Gasteiger partial charge in [0.2, 0.25) is 11.8 Å². The van der Waals surface area contributed by atoms with E-state index in [-0.39, 0.29) is 36.8 Å². The quantitative estimate of drug-likeness (QED) is 0.679. The third-order valence-electron chi connectivity index (χ3n) is 5.33. The van der Waals surface area contributed by atoms with E-state index in [0.29, 0.717) is 18.7 Å². The van der Waals surface area contributed by atoms with Gasteiger partial charge in [0.1, 0.15) is 24.7 Å². The number of amides is 2. The molecule has 7 heteroatoms. The van der Waals surface area contributed by atoms with E-state index in [1.165, 1.54) is 17.0 Å². The molecule has 0 aliphatic carbocycles. The molecule has 0 fully saturated rings. The van der Waals surface area contributed by atoms with Crippen LogP contribution >= 0.6 is 11.3 Å². The van der Waals surface area contributed by atoms with Crippen LogP contribution in [0.4, 0.5) is 4.39 Å². The van der Waals surface area contributed by atoms with Gasteiger partial charge in [0.05, 0.1) is 6.04 Å². The molecular weight excluding hydrogens is 403 g/mol. The Morgan fingerprint density at radius 2 is 2.07 bits per heavy atom. The number of benzene rings is 1. The fraction of sp³-hybridized carbons (Fsp3) is 0.478. The molecule has 30 heavy (non-hydrogen) atoms. The number of hydrogen-bond acceptors (Lipinski definition) is 4. The summed E-state index contributed by atoms with van der Waals surface area (Å²) in [4.78, 5) is 30.4. The summed E-state index contributed by atoms with van der Waals surface area (Å²) in [7, 11) is 0. The lowest BCUT2D eigenvalue weighted by Crippen LogP contribution is -2.53. The number of ether oxygens (including phenoxy) is 1. The van der Waals surface area contributed by atoms with Crippen LogP contribution in [0.3, 0.4) is 0 Å². The Bertz CT molecular complexity index is 906. The normalized spacial score (nSPS) is 16.2. The predicted molar refractivity (Wildman–Crippen MR) is 116 cm³/mol. The van der Waals surface area contributed by atoms with Gasteiger partial charge in [0.25, 0.3) is 0 Å². The van der Waals surface area contributed by atoms with Crippen molar-refractivity contribution in [3.05, 3.63) is 52.0 Å². The van der Waals surface area contributed by atoms with E-state index in [1.54, 1.807) is 40.2 Å². The van der Waals surface area contributed by atoms with Gasteiger partial charge in [-0.05, 0) is 56.3 Å². The Kier molecular flexibility index (Phi) is 6.81. The number of fused-ring (bicyclic) bond motifs is 1. The highest BCUT2D eigenvalue weighted by molar-refractivity contribution is 7.10. The van der Waals surface area contributed by atoms with Gasteiger partial charge in [0, 0.05) is 29.4 Å². The van der Waals surface area contributed by atoms with Crippen molar-refractivity contribution in [3.8, 4) is 5.75 Å². The van der Waals surface area contributed by atoms with Crippen molar-refractivity contribution in [2.45, 2.75) is 52.1 Å². The van der Waals surface area contributed by atoms with E-state index in [9.17, 15) is 14.0 Å². The van der Waals surface area contributed by atoms with Crippen molar-refractivity contribution in [2.75, 3.05) is 19.7 Å². The van der Waals surface area contributed by atoms with E-state index in [4.69, 9.17) is 4.74 Å². The standard InChI is InChI=1S/C23H29FN2O3S/c1-5-21(27)26(23(2,3)4)14-22(28)25-11-9-20-18(10-12-30-20)19(25)15-29-17-8-6-7-16(24)13-17/h6-8,10,12-13,19H,5,9,11,14-15H2,1-4H3. The zero-order valence-corrected chi connectivity index (χ0v) is 18.8. The van der Waals surface area contributed by atoms with Gasteiger partial charge in [-0.15, -0.1) is 11.3 Å². The Morgan fingerprint density at radius 1 is 1.30 bits per heavy atom. The van der Waals surface area contributed by atoms with Crippen molar-refractivity contribution in [1.82, 2.24) is 9.80 Å². The number of thiophene rings is 1. The lowest BCUT2D eigenvalue weighted by molar-refractivity contribution is -0.146. The largest absolute Gasteiger partial charge is 0.491 e. The second-order valence-electron chi connectivity index (χ2n) is 8.42. The molecule has 3 rings (SSSR count). The Balaban J connectivity index is 1.80. The molecule has 1 aliphatic heterocycles. The summed E-state index contributed by atoms with van der Waals surface area (Å²) in [6.45, 7) is 8.45. The molecule has 2 heterocycles. The van der Waals surface area contributed by atoms with Crippen LogP contribution in [-0.4, -0.2) is 46.8 Å². The number of hydrogen-bond donors (Lipinski definition) is 0. The van der Waals surface area contributed by atoms with Crippen LogP contribution in [0.15, 0.2) is 35.7 Å². The van der Waals surface area contributed by atoms with E-state index >= 15 is 0 Å². The molecular formula is C23H29FN2O3S. The highest BCUT2D eigenvalue weighted by Crippen LogP contribution is 2.34. The maximum Gasteiger partial charge on any atom is 0.242 e. The minimum Gasteiger partial charge on any atom is -0.491 e. The van der Waals surface area contributed by atoms with Crippen LogP contribution < -0.4 is 4.74 Å². The lowest BCUT2D eigenvalue weighted by atomic mass is 9.99. The first kappa shape index (κ1) is 22.3. The summed E-state index contributed by atoms with van der Waals surface area (Å²) in [6.07, 6.45) is 1.14. The molecule has 2 amide bonds. The topological polar surface area (TPSA) is 49.9 Å². The fourth-order valence-corrected chi connectivity index (χ4v) is 4.65. The van der Waals surface area contributed by atoms with Gasteiger partial charge < -0.3 is 14.5 Å². The Hall–Kier alpha value is -2.41. The molecule has 5 nitrogen and oxygen atoms in total. The van der Waals surface area contributed by atoms with Crippen molar-refractivity contribution < 1.29 is 18.7 Å². The molecule has 0 spiro atoms. The summed E-state index contributed by atoms with van der Waals surface area (Å²) < 4.78 is 19.4. The van der Waals surface area contributed by atoms with Crippen LogP contribution in [0.2, 0.25) is 0 Å². The van der Waals surface area contributed by atoms with Crippen molar-refractivity contribution in [1.29, 1.82) is 0 Å². The van der Waals surface area contributed by atoms with E-state index in [0.717, 1.165) is 12.0 Å². The zero-order chi connectivity index (χ0) is 21.9. The van der Waals surface area contributed by atoms with Crippen LogP contribution in [0.1, 0.15) is 50.6 Å². The zero-order valence-electron chi connectivity index (χ0n) is 18.0. The SMILES string of the molecule is CCC(=O)N(CC(=O)N1CCc2sccc2C1COc1cccc(F)c1)C(C)(C)C. The molecule has 1 aliphatic rings. The Labute approximate surface area is 181 Å². The second-order valence-corrected chi connectivity index (χ2v) is 9.43. The van der Waals surface area contributed by atoms with Gasteiger partial charge in [-0.1, -0.05) is 13.0 Å². The number of halogens is 1. The van der Waals surface area contributed by atoms with Gasteiger partial charge in [-0.25, -0.2) is 4.39 Å². The first-order valence-corrected chi connectivity index (χ1v) is 11.1. The maximum absolute atomic E-state index is 13.5. The molecule has 0 saturated carbocycles. The molecule has 1 unspecified atom stereocenters. The van der Waals surface area contributed by atoms with E-state index < -0.39 is 5.54 Å². The summed E-state index contributed by atoms with van der Waals surface area (Å²) in [5, 5.41) is 2.02. The van der Waals surface area contributed by atoms with Crippen molar-refractivity contribution in [3.63, 3.8) is 0 Å². The summed E-state index contributed by atoms with van der Waals surface area (Å²) in [6, 6.07) is 7.76. The molecule has 0 saturated heterocycles. The second kappa shape index (κ2) is 9.16. The van der Waals surface area contributed by atoms with Gasteiger partial charge in [0.15, 0.2) is 0 Å². The maximum atomic E-state index is 13.5. The first-order valence-electron chi connectivity index (χ1n) is 10.2. The molecule has 1 atom stereocenters. The summed E-state index contributed by atoms with van der Waals surface area (Å²) >= 11 is 1.68. The predicted octanol–water partition coefficient (Wildman–Crippen LogP) is 4.43. The van der Waals surface area contributed by atoms with Crippen LogP contribution in [0.25, 0.3) is 0 Å². The van der Waals surface area contributed by atoms with Crippen molar-refractivity contribution in [2.24, 2.45) is 0 Å². The monoisotopic (exact) mass is 432 g/mol. The first-order chi connectivity index (χ1) is 14.2. The van der Waals surface area contributed by atoms with Crippen LogP contribution in [-0.2, 0) is 16.0 Å². The average Bonchev–Trinajstić information content (AvgIpc) is 3.17. The van der Waals surface area contributed by atoms with Gasteiger partial charge in [-0.3, -0.25) is 9.59 Å². The van der Waals surface area contributed by atoms with Crippen molar-refractivity contribution >= 4 is 23.2 Å². The molecule has 0 N–H and O–H groups in total. The molecule has 2 aromatic rings. The fourth-order valence-electron chi connectivity index (χ4n) is 3.72. The smallest absolute Gasteiger partial charge is 0.242 e. The molecule has 0 bridgehead atoms. The Morgan fingerprint density at radius 3 is 2.73 bits per heavy atom. The lowest BCUT2D eigenvalue weighted by Gasteiger charge is -2.40. The minimum atomic E-state index is -0.445. The van der Waals surface area contributed by atoms with Crippen LogP contribution in [0.5, 0.6) is 5.75 Å². The molecule has 0 radical (unpaired) electrons. The minimum absolute atomic E-state index is 0.0338. The van der Waals surface area contributed by atoms with Gasteiger partial charge in [-0.2, -0.15) is 0 Å². The highest BCUT2D eigenvalue weighted by Gasteiger charge is 2.35.